The number of carbonyl (C=O) groups excluding carboxylic acids is 2. The zero-order chi connectivity index (χ0) is 21.3. The Morgan fingerprint density at radius 2 is 1.57 bits per heavy atom. The highest BCUT2D eigenvalue weighted by Gasteiger charge is 2.32. The molecule has 30 heavy (non-hydrogen) atoms. The maximum atomic E-state index is 12.9. The van der Waals surface area contributed by atoms with Gasteiger partial charge in [-0.3, -0.25) is 14.5 Å². The van der Waals surface area contributed by atoms with Gasteiger partial charge in [0.2, 0.25) is 0 Å². The van der Waals surface area contributed by atoms with Gasteiger partial charge >= 0.3 is 0 Å². The minimum Gasteiger partial charge on any atom is -0.382 e. The van der Waals surface area contributed by atoms with Crippen molar-refractivity contribution in [2.45, 2.75) is 20.3 Å². The Labute approximate surface area is 177 Å². The monoisotopic (exact) mass is 414 g/mol. The third-order valence-electron chi connectivity index (χ3n) is 4.94. The summed E-state index contributed by atoms with van der Waals surface area (Å²) in [6.45, 7) is 8.17. The molecule has 2 aromatic carbocycles. The van der Waals surface area contributed by atoms with Crippen LogP contribution in [0.15, 0.2) is 30.3 Å². The molecular weight excluding hydrogens is 384 g/mol. The van der Waals surface area contributed by atoms with Gasteiger partial charge in [-0.25, -0.2) is 0 Å². The van der Waals surface area contributed by atoms with Gasteiger partial charge in [-0.05, 0) is 31.5 Å². The maximum Gasteiger partial charge on any atom is 0.261 e. The van der Waals surface area contributed by atoms with Crippen molar-refractivity contribution in [2.24, 2.45) is 0 Å². The number of hydrogen-bond donors (Lipinski definition) is 1. The van der Waals surface area contributed by atoms with E-state index < -0.39 is 0 Å². The second-order valence-corrected chi connectivity index (χ2v) is 7.00. The number of benzene rings is 2. The number of amides is 2. The first-order chi connectivity index (χ1) is 14.7. The molecule has 1 aliphatic rings. The molecule has 0 saturated heterocycles. The van der Waals surface area contributed by atoms with Crippen molar-refractivity contribution in [3.63, 3.8) is 0 Å². The fourth-order valence-electron chi connectivity index (χ4n) is 3.53. The average Bonchev–Trinajstić information content (AvgIpc) is 2.76. The van der Waals surface area contributed by atoms with Gasteiger partial charge in [-0.2, -0.15) is 0 Å². The van der Waals surface area contributed by atoms with E-state index in [4.69, 9.17) is 14.2 Å². The minimum atomic E-state index is -0.273. The Hall–Kier alpha value is -2.48. The van der Waals surface area contributed by atoms with E-state index in [1.807, 2.05) is 25.1 Å². The van der Waals surface area contributed by atoms with Gasteiger partial charge in [0.25, 0.3) is 11.8 Å². The van der Waals surface area contributed by atoms with Crippen molar-refractivity contribution >= 4 is 28.3 Å². The molecule has 2 amide bonds. The minimum absolute atomic E-state index is 0.251. The fraction of sp³-hybridized carbons (Fsp3) is 0.478. The van der Waals surface area contributed by atoms with Crippen molar-refractivity contribution in [2.75, 3.05) is 58.0 Å². The van der Waals surface area contributed by atoms with Crippen molar-refractivity contribution in [3.8, 4) is 0 Å². The Kier molecular flexibility index (Phi) is 8.19. The zero-order valence-electron chi connectivity index (χ0n) is 17.7. The summed E-state index contributed by atoms with van der Waals surface area (Å²) in [4.78, 5) is 27.1. The van der Waals surface area contributed by atoms with Crippen LogP contribution in [0.2, 0.25) is 0 Å². The molecule has 1 N–H and O–H groups in total. The van der Waals surface area contributed by atoms with Crippen molar-refractivity contribution < 1.29 is 23.8 Å². The molecular formula is C23H30N2O5. The highest BCUT2D eigenvalue weighted by atomic mass is 16.5. The summed E-state index contributed by atoms with van der Waals surface area (Å²) in [6, 6.07) is 9.23. The molecule has 1 aliphatic heterocycles. The van der Waals surface area contributed by atoms with Crippen LogP contribution in [0, 0.1) is 0 Å². The van der Waals surface area contributed by atoms with E-state index in [9.17, 15) is 9.59 Å². The molecule has 162 valence electrons. The third-order valence-corrected chi connectivity index (χ3v) is 4.94. The summed E-state index contributed by atoms with van der Waals surface area (Å²) in [5.41, 5.74) is 1.97. The van der Waals surface area contributed by atoms with Gasteiger partial charge < -0.3 is 19.5 Å². The van der Waals surface area contributed by atoms with Crippen LogP contribution in [0.1, 0.15) is 41.0 Å². The molecule has 7 nitrogen and oxygen atoms in total. The molecule has 0 unspecified atom stereocenters. The quantitative estimate of drug-likeness (QED) is 0.400. The Morgan fingerprint density at radius 1 is 0.833 bits per heavy atom. The lowest BCUT2D eigenvalue weighted by Crippen LogP contribution is -2.42. The molecule has 2 aromatic rings. The highest BCUT2D eigenvalue weighted by Crippen LogP contribution is 2.34. The SMILES string of the molecule is CCCOCCOCCNc1ccc2c3c(cccc13)C(=O)N(CCOCC)C2=O. The number of rotatable bonds is 13. The summed E-state index contributed by atoms with van der Waals surface area (Å²) < 4.78 is 16.3. The van der Waals surface area contributed by atoms with Crippen LogP contribution in [0.4, 0.5) is 5.69 Å². The molecule has 0 bridgehead atoms. The van der Waals surface area contributed by atoms with Gasteiger partial charge in [-0.15, -0.1) is 0 Å². The van der Waals surface area contributed by atoms with Crippen LogP contribution in [0.25, 0.3) is 10.8 Å². The van der Waals surface area contributed by atoms with Crippen LogP contribution in [-0.2, 0) is 14.2 Å². The standard InChI is InChI=1S/C23H30N2O5/c1-3-12-29-15-16-30-13-10-24-20-9-8-19-21-17(20)6-5-7-18(21)22(26)25(23(19)27)11-14-28-4-2/h5-9,24H,3-4,10-16H2,1-2H3. The van der Waals surface area contributed by atoms with Crippen LogP contribution < -0.4 is 5.32 Å². The summed E-state index contributed by atoms with van der Waals surface area (Å²) >= 11 is 0. The number of ether oxygens (including phenoxy) is 3. The summed E-state index contributed by atoms with van der Waals surface area (Å²) in [5.74, 6) is -0.546. The highest BCUT2D eigenvalue weighted by molar-refractivity contribution is 6.26. The first-order valence-electron chi connectivity index (χ1n) is 10.6. The molecule has 0 fully saturated rings. The zero-order valence-corrected chi connectivity index (χ0v) is 17.7. The van der Waals surface area contributed by atoms with Crippen LogP contribution in [0.3, 0.4) is 0 Å². The van der Waals surface area contributed by atoms with Crippen LogP contribution in [0.5, 0.6) is 0 Å². The summed E-state index contributed by atoms with van der Waals surface area (Å²) in [6.07, 6.45) is 1.00. The molecule has 3 rings (SSSR count). The van der Waals surface area contributed by atoms with Crippen molar-refractivity contribution in [3.05, 3.63) is 41.5 Å². The number of carbonyl (C=O) groups is 2. The largest absolute Gasteiger partial charge is 0.382 e. The van der Waals surface area contributed by atoms with E-state index in [0.717, 1.165) is 24.1 Å². The lowest BCUT2D eigenvalue weighted by atomic mass is 9.93. The number of hydrogen-bond acceptors (Lipinski definition) is 6. The molecule has 0 radical (unpaired) electrons. The van der Waals surface area contributed by atoms with E-state index in [0.29, 0.717) is 56.1 Å². The van der Waals surface area contributed by atoms with Gasteiger partial charge in [0.05, 0.1) is 33.0 Å². The van der Waals surface area contributed by atoms with E-state index in [-0.39, 0.29) is 18.4 Å². The van der Waals surface area contributed by atoms with Gasteiger partial charge in [0.15, 0.2) is 0 Å². The lowest BCUT2D eigenvalue weighted by Gasteiger charge is -2.27. The maximum absolute atomic E-state index is 12.9. The Bertz CT molecular complexity index is 861. The second kappa shape index (κ2) is 11.1. The predicted octanol–water partition coefficient (Wildman–Crippen LogP) is 3.33. The normalized spacial score (nSPS) is 13.3. The molecule has 0 atom stereocenters. The molecule has 7 heteroatoms. The number of nitrogens with one attached hydrogen (secondary N) is 1. The average molecular weight is 415 g/mol. The van der Waals surface area contributed by atoms with Gasteiger partial charge in [0.1, 0.15) is 0 Å². The third kappa shape index (κ3) is 4.98. The number of anilines is 1. The first-order valence-corrected chi connectivity index (χ1v) is 10.6. The van der Waals surface area contributed by atoms with Crippen molar-refractivity contribution in [1.82, 2.24) is 4.90 Å². The molecule has 0 aliphatic carbocycles. The summed E-state index contributed by atoms with van der Waals surface area (Å²) in [7, 11) is 0. The molecule has 0 spiro atoms. The first kappa shape index (κ1) is 22.2. The van der Waals surface area contributed by atoms with Crippen LogP contribution in [-0.4, -0.2) is 69.4 Å². The Morgan fingerprint density at radius 3 is 2.30 bits per heavy atom. The second-order valence-electron chi connectivity index (χ2n) is 7.00. The lowest BCUT2D eigenvalue weighted by molar-refractivity contribution is 0.0519. The van der Waals surface area contributed by atoms with E-state index in [1.165, 1.54) is 4.90 Å². The number of imide groups is 1. The fourth-order valence-corrected chi connectivity index (χ4v) is 3.53. The van der Waals surface area contributed by atoms with E-state index in [2.05, 4.69) is 12.2 Å². The van der Waals surface area contributed by atoms with E-state index in [1.54, 1.807) is 12.1 Å². The molecule has 1 heterocycles. The summed E-state index contributed by atoms with van der Waals surface area (Å²) in [5, 5.41) is 4.92. The molecule has 0 aromatic heterocycles. The van der Waals surface area contributed by atoms with Gasteiger partial charge in [-0.1, -0.05) is 19.1 Å². The van der Waals surface area contributed by atoms with Crippen molar-refractivity contribution in [1.29, 1.82) is 0 Å². The van der Waals surface area contributed by atoms with Crippen LogP contribution >= 0.6 is 0 Å². The Balaban J connectivity index is 1.69. The topological polar surface area (TPSA) is 77.1 Å². The predicted molar refractivity (Wildman–Crippen MR) is 116 cm³/mol. The molecule has 0 saturated carbocycles. The van der Waals surface area contributed by atoms with E-state index >= 15 is 0 Å². The smallest absolute Gasteiger partial charge is 0.261 e. The number of nitrogens with zero attached hydrogens (tertiary/aromatic N) is 1. The van der Waals surface area contributed by atoms with Gasteiger partial charge in [0, 0.05) is 47.3 Å².